The van der Waals surface area contributed by atoms with Crippen molar-refractivity contribution in [2.24, 2.45) is 0 Å². The molecule has 55 heavy (non-hydrogen) atoms. The van der Waals surface area contributed by atoms with Gasteiger partial charge in [-0.15, -0.1) is 0 Å². The van der Waals surface area contributed by atoms with Gasteiger partial charge in [0.1, 0.15) is 19.8 Å². The molecule has 1 fully saturated rings. The number of esters is 2. The van der Waals surface area contributed by atoms with Gasteiger partial charge in [-0.3, -0.25) is 18.6 Å². The molecule has 11 heteroatoms. The van der Waals surface area contributed by atoms with Gasteiger partial charge in [0.05, 0.1) is 40.0 Å². The molecule has 4 atom stereocenters. The van der Waals surface area contributed by atoms with Crippen LogP contribution in [-0.2, 0) is 37.4 Å². The molecule has 316 valence electrons. The fraction of sp³-hybridized carbons (Fsp3) is 0.727. The van der Waals surface area contributed by atoms with E-state index in [0.29, 0.717) is 36.1 Å². The number of likely N-dealkylation sites (N-methyl/N-ethyl adjacent to an activating group) is 1. The minimum absolute atomic E-state index is 0.0163. The van der Waals surface area contributed by atoms with Crippen LogP contribution < -0.4 is 0 Å². The average Bonchev–Trinajstić information content (AvgIpc) is 3.89. The summed E-state index contributed by atoms with van der Waals surface area (Å²) in [4.78, 5) is 35.3. The van der Waals surface area contributed by atoms with Crippen molar-refractivity contribution in [3.05, 3.63) is 60.8 Å². The van der Waals surface area contributed by atoms with E-state index < -0.39 is 32.5 Å². The van der Waals surface area contributed by atoms with Crippen LogP contribution in [0.25, 0.3) is 0 Å². The molecular weight excluding hydrogens is 717 g/mol. The summed E-state index contributed by atoms with van der Waals surface area (Å²) < 4.78 is 40.0. The molecule has 1 heterocycles. The Bertz CT molecular complexity index is 1190. The van der Waals surface area contributed by atoms with E-state index in [-0.39, 0.29) is 26.1 Å². The maximum atomic E-state index is 12.7. The zero-order valence-corrected chi connectivity index (χ0v) is 36.0. The molecule has 0 radical (unpaired) electrons. The minimum Gasteiger partial charge on any atom is -0.462 e. The van der Waals surface area contributed by atoms with Gasteiger partial charge in [0, 0.05) is 12.8 Å². The van der Waals surface area contributed by atoms with E-state index in [1.165, 1.54) is 19.3 Å². The Balaban J connectivity index is 2.35. The summed E-state index contributed by atoms with van der Waals surface area (Å²) in [6.45, 7) is 4.18. The van der Waals surface area contributed by atoms with Gasteiger partial charge in [-0.2, -0.15) is 0 Å². The first-order valence-corrected chi connectivity index (χ1v) is 22.6. The third-order valence-electron chi connectivity index (χ3n) is 8.96. The van der Waals surface area contributed by atoms with Crippen LogP contribution in [0.2, 0.25) is 0 Å². The third-order valence-corrected chi connectivity index (χ3v) is 9.94. The van der Waals surface area contributed by atoms with Crippen molar-refractivity contribution in [1.82, 2.24) is 0 Å². The van der Waals surface area contributed by atoms with Gasteiger partial charge in [0.25, 0.3) is 0 Å². The Morgan fingerprint density at radius 2 is 1.27 bits per heavy atom. The minimum atomic E-state index is -4.39. The number of ether oxygens (including phenoxy) is 3. The Kier molecular flexibility index (Phi) is 30.2. The van der Waals surface area contributed by atoms with Gasteiger partial charge in [0.15, 0.2) is 6.10 Å². The standard InChI is InChI=1S/C44H76NO9P/c1-6-8-10-12-14-15-16-17-18-19-20-21-22-26-30-34-43(46)50-38-40(39-52-55(48,49)51-37-36-45(3,4)5)53-44(47)35-31-27-23-25-29-33-42-41(54-42)32-28-24-13-11-9-7-2/h8,10,14-15,17-18,20-21,24,28,40-42H,6-7,9,11-13,16,19,22-23,25-27,29-39H2,1-5H3/p+1/b10-8-,15-14-,18-17-,21-20-,28-24-/t40-,41?,42?/m1/s1. The van der Waals surface area contributed by atoms with Crippen LogP contribution in [0.15, 0.2) is 60.8 Å². The topological polar surface area (TPSA) is 121 Å². The first kappa shape index (κ1) is 50.7. The lowest BCUT2D eigenvalue weighted by Crippen LogP contribution is -2.37. The summed E-state index contributed by atoms with van der Waals surface area (Å²) in [6.07, 6.45) is 40.0. The molecule has 1 N–H and O–H groups in total. The van der Waals surface area contributed by atoms with Crippen molar-refractivity contribution < 1.29 is 46.8 Å². The van der Waals surface area contributed by atoms with Crippen molar-refractivity contribution in [2.45, 2.75) is 161 Å². The highest BCUT2D eigenvalue weighted by atomic mass is 31.2. The van der Waals surface area contributed by atoms with Crippen LogP contribution >= 0.6 is 7.82 Å². The van der Waals surface area contributed by atoms with Gasteiger partial charge >= 0.3 is 19.8 Å². The Labute approximate surface area is 334 Å². The van der Waals surface area contributed by atoms with Gasteiger partial charge < -0.3 is 23.6 Å². The van der Waals surface area contributed by atoms with Gasteiger partial charge in [-0.05, 0) is 77.0 Å². The molecule has 1 rings (SSSR count). The predicted molar refractivity (Wildman–Crippen MR) is 224 cm³/mol. The van der Waals surface area contributed by atoms with Crippen LogP contribution in [0.4, 0.5) is 0 Å². The lowest BCUT2D eigenvalue weighted by Gasteiger charge is -2.24. The molecule has 0 saturated carbocycles. The second-order valence-corrected chi connectivity index (χ2v) is 16.8. The SMILES string of the molecule is CC/C=C\C/C=C\C/C=C\C/C=C\CCCCC(=O)OC[C@H](COP(=O)(O)OCC[N+](C)(C)C)OC(=O)CCCCCCCC1OC1C/C=C\CCCCC. The first-order chi connectivity index (χ1) is 26.5. The number of phosphoric acid groups is 1. The molecule has 0 aromatic rings. The molecule has 0 amide bonds. The number of allylic oxidation sites excluding steroid dienone is 9. The molecule has 1 saturated heterocycles. The number of hydrogen-bond donors (Lipinski definition) is 1. The number of hydrogen-bond acceptors (Lipinski definition) is 8. The zero-order chi connectivity index (χ0) is 40.5. The van der Waals surface area contributed by atoms with E-state index in [2.05, 4.69) is 74.6 Å². The number of phosphoric ester groups is 1. The Hall–Kier alpha value is -2.33. The van der Waals surface area contributed by atoms with E-state index in [1.54, 1.807) is 0 Å². The normalized spacial score (nSPS) is 17.9. The van der Waals surface area contributed by atoms with Crippen molar-refractivity contribution >= 4 is 19.8 Å². The summed E-state index contributed by atoms with van der Waals surface area (Å²) in [7, 11) is 1.42. The summed E-state index contributed by atoms with van der Waals surface area (Å²) in [6, 6.07) is 0. The smallest absolute Gasteiger partial charge is 0.462 e. The summed E-state index contributed by atoms with van der Waals surface area (Å²) >= 11 is 0. The molecule has 0 bridgehead atoms. The zero-order valence-electron chi connectivity index (χ0n) is 35.1. The molecule has 10 nitrogen and oxygen atoms in total. The monoisotopic (exact) mass is 795 g/mol. The number of nitrogens with zero attached hydrogens (tertiary/aromatic N) is 1. The number of rotatable bonds is 36. The fourth-order valence-corrected chi connectivity index (χ4v) is 6.28. The van der Waals surface area contributed by atoms with Crippen LogP contribution in [0.1, 0.15) is 142 Å². The molecule has 0 aromatic carbocycles. The second kappa shape index (κ2) is 32.7. The summed E-state index contributed by atoms with van der Waals surface area (Å²) in [5, 5.41) is 0. The van der Waals surface area contributed by atoms with Crippen molar-refractivity contribution in [3.63, 3.8) is 0 Å². The van der Waals surface area contributed by atoms with E-state index in [9.17, 15) is 19.0 Å². The van der Waals surface area contributed by atoms with E-state index in [1.807, 2.05) is 21.1 Å². The Morgan fingerprint density at radius 3 is 1.95 bits per heavy atom. The molecular formula is C44H77NO9P+. The van der Waals surface area contributed by atoms with E-state index in [4.69, 9.17) is 23.3 Å². The molecule has 1 aliphatic rings. The van der Waals surface area contributed by atoms with Crippen LogP contribution in [0.3, 0.4) is 0 Å². The third kappa shape index (κ3) is 33.5. The Morgan fingerprint density at radius 1 is 0.691 bits per heavy atom. The van der Waals surface area contributed by atoms with E-state index >= 15 is 0 Å². The molecule has 0 spiro atoms. The second-order valence-electron chi connectivity index (χ2n) is 15.4. The highest BCUT2D eigenvalue weighted by Gasteiger charge is 2.36. The molecule has 3 unspecified atom stereocenters. The maximum Gasteiger partial charge on any atom is 0.472 e. The summed E-state index contributed by atoms with van der Waals surface area (Å²) in [5.41, 5.74) is 0. The average molecular weight is 795 g/mol. The van der Waals surface area contributed by atoms with Gasteiger partial charge in [0.2, 0.25) is 0 Å². The lowest BCUT2D eigenvalue weighted by molar-refractivity contribution is -0.870. The van der Waals surface area contributed by atoms with E-state index in [0.717, 1.165) is 83.5 Å². The molecule has 0 aromatic heterocycles. The number of quaternary nitrogens is 1. The highest BCUT2D eigenvalue weighted by Crippen LogP contribution is 2.43. The largest absolute Gasteiger partial charge is 0.472 e. The number of carbonyl (C=O) groups excluding carboxylic acids is 2. The lowest BCUT2D eigenvalue weighted by atomic mass is 10.1. The van der Waals surface area contributed by atoms with Crippen molar-refractivity contribution in [2.75, 3.05) is 47.5 Å². The predicted octanol–water partition coefficient (Wildman–Crippen LogP) is 10.7. The highest BCUT2D eigenvalue weighted by molar-refractivity contribution is 7.47. The van der Waals surface area contributed by atoms with Gasteiger partial charge in [-0.25, -0.2) is 4.57 Å². The quantitative estimate of drug-likeness (QED) is 0.0165. The number of unbranched alkanes of at least 4 members (excludes halogenated alkanes) is 9. The number of epoxide rings is 1. The van der Waals surface area contributed by atoms with Crippen LogP contribution in [-0.4, -0.2) is 87.1 Å². The fourth-order valence-electron chi connectivity index (χ4n) is 5.54. The van der Waals surface area contributed by atoms with Gasteiger partial charge in [-0.1, -0.05) is 113 Å². The van der Waals surface area contributed by atoms with Crippen molar-refractivity contribution in [3.8, 4) is 0 Å². The van der Waals surface area contributed by atoms with Crippen LogP contribution in [0.5, 0.6) is 0 Å². The molecule has 0 aliphatic carbocycles. The summed E-state index contributed by atoms with van der Waals surface area (Å²) in [5.74, 6) is -0.877. The first-order valence-electron chi connectivity index (χ1n) is 21.1. The van der Waals surface area contributed by atoms with Crippen molar-refractivity contribution in [1.29, 1.82) is 0 Å². The number of carbonyl (C=O) groups is 2. The van der Waals surface area contributed by atoms with Crippen LogP contribution in [0, 0.1) is 0 Å². The maximum absolute atomic E-state index is 12.7. The molecule has 1 aliphatic heterocycles.